The summed E-state index contributed by atoms with van der Waals surface area (Å²) in [5.74, 6) is -0.0362. The first kappa shape index (κ1) is 32.6. The third-order valence-corrected chi connectivity index (χ3v) is 8.08. The molecule has 0 atom stereocenters. The third-order valence-electron chi connectivity index (χ3n) is 7.14. The van der Waals surface area contributed by atoms with E-state index in [-0.39, 0.29) is 17.5 Å². The number of carbonyl (C=O) groups is 1. The first-order valence-electron chi connectivity index (χ1n) is 14.6. The molecular weight excluding hydrogens is 620 g/mol. The van der Waals surface area contributed by atoms with Crippen molar-refractivity contribution in [3.05, 3.63) is 106 Å². The highest BCUT2D eigenvalue weighted by atomic mass is 32.1. The van der Waals surface area contributed by atoms with Gasteiger partial charge in [-0.05, 0) is 85.7 Å². The molecule has 2 aromatic heterocycles. The van der Waals surface area contributed by atoms with E-state index in [4.69, 9.17) is 0 Å². The first-order valence-corrected chi connectivity index (χ1v) is 15.5. The zero-order valence-corrected chi connectivity index (χ0v) is 26.2. The van der Waals surface area contributed by atoms with Gasteiger partial charge in [0.1, 0.15) is 17.9 Å². The van der Waals surface area contributed by atoms with Crippen LogP contribution in [0.25, 0.3) is 22.8 Å². The lowest BCUT2D eigenvalue weighted by Gasteiger charge is -2.15. The summed E-state index contributed by atoms with van der Waals surface area (Å²) in [6.07, 6.45) is -0.824. The van der Waals surface area contributed by atoms with Crippen LogP contribution in [0.5, 0.6) is 5.75 Å². The molecule has 0 spiro atoms. The number of nitrogens with one attached hydrogen (secondary N) is 1. The maximum Gasteiger partial charge on any atom is 0.573 e. The second-order valence-corrected chi connectivity index (χ2v) is 11.7. The van der Waals surface area contributed by atoms with Crippen LogP contribution in [0.15, 0.2) is 83.4 Å². The largest absolute Gasteiger partial charge is 0.573 e. The Labute approximate surface area is 267 Å². The lowest BCUT2D eigenvalue weighted by Crippen LogP contribution is -2.25. The number of urea groups is 1. The number of hydrogen-bond donors (Lipinski definition) is 1. The highest BCUT2D eigenvalue weighted by molar-refractivity contribution is 7.07. The molecule has 0 aliphatic rings. The lowest BCUT2D eigenvalue weighted by molar-refractivity contribution is -0.274. The number of thiazole rings is 1. The van der Waals surface area contributed by atoms with Crippen LogP contribution in [0.4, 0.5) is 22.4 Å². The number of aromatic nitrogens is 4. The molecule has 0 bridgehead atoms. The van der Waals surface area contributed by atoms with Gasteiger partial charge in [0, 0.05) is 23.2 Å². The van der Waals surface area contributed by atoms with Crippen LogP contribution in [0.1, 0.15) is 49.4 Å². The van der Waals surface area contributed by atoms with Gasteiger partial charge in [0.05, 0.1) is 11.4 Å². The van der Waals surface area contributed by atoms with E-state index in [9.17, 15) is 22.4 Å². The number of halogens is 4. The molecule has 0 aliphatic carbocycles. The predicted octanol–water partition coefficient (Wildman–Crippen LogP) is 7.89. The van der Waals surface area contributed by atoms with Crippen molar-refractivity contribution in [2.24, 2.45) is 4.99 Å². The Morgan fingerprint density at radius 2 is 1.78 bits per heavy atom. The van der Waals surface area contributed by atoms with Gasteiger partial charge in [0.25, 0.3) is 0 Å². The van der Waals surface area contributed by atoms with Gasteiger partial charge in [-0.3, -0.25) is 4.57 Å². The molecule has 0 radical (unpaired) electrons. The van der Waals surface area contributed by atoms with E-state index in [1.807, 2.05) is 55.0 Å². The zero-order chi connectivity index (χ0) is 32.8. The number of aryl methyl sites for hydroxylation is 2. The highest BCUT2D eigenvalue weighted by Gasteiger charge is 2.31. The van der Waals surface area contributed by atoms with Crippen LogP contribution in [0.2, 0.25) is 0 Å². The third kappa shape index (κ3) is 8.27. The summed E-state index contributed by atoms with van der Waals surface area (Å²) < 4.78 is 58.4. The molecule has 0 aliphatic heterocycles. The Kier molecular flexibility index (Phi) is 10.0. The minimum absolute atomic E-state index is 0.0927. The van der Waals surface area contributed by atoms with Crippen molar-refractivity contribution < 1.29 is 27.1 Å². The molecule has 46 heavy (non-hydrogen) atoms. The van der Waals surface area contributed by atoms with Gasteiger partial charge < -0.3 is 10.1 Å². The average Bonchev–Trinajstić information content (AvgIpc) is 3.64. The Morgan fingerprint density at radius 1 is 1.04 bits per heavy atom. The SMILES string of the molecule is Cc1csc(=NC(=O)NCCCCc2ccc(-c3ncn(-c4ccc(OC(F)(F)F)cc4)n3)cc2)n1-c1ccc(F)cc1C(C)C. The van der Waals surface area contributed by atoms with Crippen molar-refractivity contribution in [3.63, 3.8) is 0 Å². The summed E-state index contributed by atoms with van der Waals surface area (Å²) in [5.41, 5.74) is 5.03. The fraction of sp³-hybridized carbons (Fsp3) is 0.273. The molecule has 2 heterocycles. The number of unbranched alkanes of at least 4 members (excludes halogenated alkanes) is 1. The van der Waals surface area contributed by atoms with Crippen LogP contribution in [0, 0.1) is 12.7 Å². The summed E-state index contributed by atoms with van der Waals surface area (Å²) in [6.45, 7) is 6.40. The maximum atomic E-state index is 13.9. The average molecular weight is 653 g/mol. The van der Waals surface area contributed by atoms with Gasteiger partial charge in [-0.25, -0.2) is 18.9 Å². The standard InChI is InChI=1S/C33H32F4N6O2S/c1-21(2)28-18-25(34)11-16-29(28)43-22(3)19-46-32(43)40-31(44)38-17-5-4-6-23-7-9-24(10-8-23)30-39-20-42(41-30)26-12-14-27(15-13-26)45-33(35,36)37/h7-16,18-21H,4-6,17H2,1-3H3,(H,38,44). The van der Waals surface area contributed by atoms with Gasteiger partial charge in [0.15, 0.2) is 10.6 Å². The number of nitrogens with zero attached hydrogens (tertiary/aromatic N) is 5. The number of alkyl halides is 3. The Balaban J connectivity index is 1.12. The highest BCUT2D eigenvalue weighted by Crippen LogP contribution is 2.26. The van der Waals surface area contributed by atoms with Crippen molar-refractivity contribution in [1.82, 2.24) is 24.6 Å². The molecule has 3 aromatic carbocycles. The van der Waals surface area contributed by atoms with E-state index in [0.29, 0.717) is 22.9 Å². The number of ether oxygens (including phenoxy) is 1. The number of amides is 2. The van der Waals surface area contributed by atoms with Crippen LogP contribution in [-0.2, 0) is 6.42 Å². The van der Waals surface area contributed by atoms with E-state index < -0.39 is 12.4 Å². The molecule has 0 unspecified atom stereocenters. The van der Waals surface area contributed by atoms with Crippen molar-refractivity contribution in [3.8, 4) is 28.5 Å². The minimum Gasteiger partial charge on any atom is -0.406 e. The van der Waals surface area contributed by atoms with E-state index >= 15 is 0 Å². The second-order valence-electron chi connectivity index (χ2n) is 10.9. The fourth-order valence-electron chi connectivity index (χ4n) is 4.87. The molecule has 0 fully saturated rings. The second kappa shape index (κ2) is 14.1. The summed E-state index contributed by atoms with van der Waals surface area (Å²) in [5, 5.41) is 9.22. The summed E-state index contributed by atoms with van der Waals surface area (Å²) in [7, 11) is 0. The lowest BCUT2D eigenvalue weighted by atomic mass is 10.0. The van der Waals surface area contributed by atoms with Crippen molar-refractivity contribution in [1.29, 1.82) is 0 Å². The molecule has 5 rings (SSSR count). The normalized spacial score (nSPS) is 12.1. The molecule has 8 nitrogen and oxygen atoms in total. The predicted molar refractivity (Wildman–Crippen MR) is 168 cm³/mol. The number of benzene rings is 3. The smallest absolute Gasteiger partial charge is 0.406 e. The number of hydrogen-bond acceptors (Lipinski definition) is 5. The van der Waals surface area contributed by atoms with E-state index in [2.05, 4.69) is 25.1 Å². The topological polar surface area (TPSA) is 86.3 Å². The molecule has 2 amide bonds. The summed E-state index contributed by atoms with van der Waals surface area (Å²) in [4.78, 5) is 21.8. The fourth-order valence-corrected chi connectivity index (χ4v) is 5.74. The van der Waals surface area contributed by atoms with Gasteiger partial charge >= 0.3 is 12.4 Å². The van der Waals surface area contributed by atoms with Crippen molar-refractivity contribution >= 4 is 17.4 Å². The van der Waals surface area contributed by atoms with Gasteiger partial charge in [-0.15, -0.1) is 29.6 Å². The van der Waals surface area contributed by atoms with Crippen LogP contribution in [0.3, 0.4) is 0 Å². The summed E-state index contributed by atoms with van der Waals surface area (Å²) >= 11 is 1.36. The Morgan fingerprint density at radius 3 is 2.48 bits per heavy atom. The van der Waals surface area contributed by atoms with E-state index in [0.717, 1.165) is 47.3 Å². The Bertz CT molecular complexity index is 1860. The van der Waals surface area contributed by atoms with Crippen molar-refractivity contribution in [2.45, 2.75) is 52.3 Å². The van der Waals surface area contributed by atoms with Crippen LogP contribution in [-0.4, -0.2) is 38.3 Å². The van der Waals surface area contributed by atoms with E-state index in [1.54, 1.807) is 6.07 Å². The molecule has 240 valence electrons. The van der Waals surface area contributed by atoms with Gasteiger partial charge in [-0.2, -0.15) is 4.99 Å². The first-order chi connectivity index (χ1) is 22.0. The zero-order valence-electron chi connectivity index (χ0n) is 25.4. The monoisotopic (exact) mass is 652 g/mol. The van der Waals surface area contributed by atoms with Crippen LogP contribution < -0.4 is 14.9 Å². The molecular formula is C33H32F4N6O2S. The molecule has 5 aromatic rings. The van der Waals surface area contributed by atoms with Crippen LogP contribution >= 0.6 is 11.3 Å². The number of rotatable bonds is 10. The Hall–Kier alpha value is -4.78. The minimum atomic E-state index is -4.75. The summed E-state index contributed by atoms with van der Waals surface area (Å²) in [6, 6.07) is 17.4. The van der Waals surface area contributed by atoms with Gasteiger partial charge in [-0.1, -0.05) is 38.1 Å². The van der Waals surface area contributed by atoms with E-state index in [1.165, 1.54) is 58.7 Å². The molecule has 0 saturated carbocycles. The molecule has 1 N–H and O–H groups in total. The molecule has 13 heteroatoms. The molecule has 0 saturated heterocycles. The van der Waals surface area contributed by atoms with Gasteiger partial charge in [0.2, 0.25) is 0 Å². The van der Waals surface area contributed by atoms with Crippen molar-refractivity contribution in [2.75, 3.05) is 6.54 Å². The quantitative estimate of drug-likeness (QED) is 0.123. The number of carbonyl (C=O) groups excluding carboxylic acids is 1. The maximum absolute atomic E-state index is 13.9.